The number of benzene rings is 1. The highest BCUT2D eigenvalue weighted by Crippen LogP contribution is 2.15. The van der Waals surface area contributed by atoms with Gasteiger partial charge in [0.15, 0.2) is 0 Å². The molecule has 2 aromatic rings. The average molecular weight is 285 g/mol. The van der Waals surface area contributed by atoms with Crippen molar-refractivity contribution in [3.63, 3.8) is 0 Å². The van der Waals surface area contributed by atoms with E-state index < -0.39 is 0 Å². The van der Waals surface area contributed by atoms with Crippen molar-refractivity contribution in [2.45, 2.75) is 45.6 Å². The maximum Gasteiger partial charge on any atom is 0.143 e. The number of nitrogens with two attached hydrogens (primary N) is 1. The van der Waals surface area contributed by atoms with Gasteiger partial charge in [0.1, 0.15) is 5.78 Å². The Morgan fingerprint density at radius 2 is 1.81 bits per heavy atom. The third-order valence-electron chi connectivity index (χ3n) is 3.74. The first-order valence-corrected chi connectivity index (χ1v) is 7.52. The second kappa shape index (κ2) is 7.07. The van der Waals surface area contributed by atoms with Gasteiger partial charge in [-0.25, -0.2) is 0 Å². The minimum absolute atomic E-state index is 0.176. The summed E-state index contributed by atoms with van der Waals surface area (Å²) in [6, 6.07) is 9.81. The van der Waals surface area contributed by atoms with Crippen molar-refractivity contribution >= 4 is 11.5 Å². The van der Waals surface area contributed by atoms with Gasteiger partial charge in [-0.05, 0) is 36.6 Å². The summed E-state index contributed by atoms with van der Waals surface area (Å²) < 4.78 is 1.98. The summed E-state index contributed by atoms with van der Waals surface area (Å²) in [5.41, 5.74) is 8.20. The zero-order valence-corrected chi connectivity index (χ0v) is 12.7. The molecule has 4 heteroatoms. The summed E-state index contributed by atoms with van der Waals surface area (Å²) in [5, 5.41) is 4.52. The molecular formula is C17H23N3O. The number of rotatable bonds is 7. The van der Waals surface area contributed by atoms with Crippen LogP contribution >= 0.6 is 0 Å². The number of carbonyl (C=O) groups excluding carboxylic acids is 1. The monoisotopic (exact) mass is 285 g/mol. The summed E-state index contributed by atoms with van der Waals surface area (Å²) in [4.78, 5) is 12.1. The van der Waals surface area contributed by atoms with Crippen LogP contribution in [0.1, 0.15) is 44.0 Å². The number of hydrogen-bond donors (Lipinski definition) is 1. The molecule has 0 saturated heterocycles. The third kappa shape index (κ3) is 4.18. The Morgan fingerprint density at radius 3 is 2.43 bits per heavy atom. The second-order valence-electron chi connectivity index (χ2n) is 5.39. The predicted octanol–water partition coefficient (Wildman–Crippen LogP) is 3.18. The van der Waals surface area contributed by atoms with Gasteiger partial charge < -0.3 is 5.73 Å². The molecule has 4 nitrogen and oxygen atoms in total. The first-order valence-electron chi connectivity index (χ1n) is 7.52. The van der Waals surface area contributed by atoms with Gasteiger partial charge in [-0.3, -0.25) is 9.48 Å². The summed E-state index contributed by atoms with van der Waals surface area (Å²) in [5.74, 6) is 0.176. The SMILES string of the molecule is CCC(CC)n1ccc(CC(=O)Cc2ccc(N)cc2)n1. The Kier molecular flexibility index (Phi) is 5.14. The van der Waals surface area contributed by atoms with Gasteiger partial charge in [-0.1, -0.05) is 26.0 Å². The van der Waals surface area contributed by atoms with Crippen molar-refractivity contribution in [3.05, 3.63) is 47.8 Å². The Bertz CT molecular complexity index is 582. The van der Waals surface area contributed by atoms with Crippen LogP contribution in [0.4, 0.5) is 5.69 Å². The molecule has 0 bridgehead atoms. The molecule has 2 N–H and O–H groups in total. The average Bonchev–Trinajstić information content (AvgIpc) is 2.91. The van der Waals surface area contributed by atoms with Crippen LogP contribution in [0.3, 0.4) is 0 Å². The molecule has 0 amide bonds. The number of carbonyl (C=O) groups is 1. The van der Waals surface area contributed by atoms with Crippen LogP contribution in [0.5, 0.6) is 0 Å². The quantitative estimate of drug-likeness (QED) is 0.795. The van der Waals surface area contributed by atoms with Crippen LogP contribution in [0.15, 0.2) is 36.5 Å². The number of nitrogens with zero attached hydrogens (tertiary/aromatic N) is 2. The number of Topliss-reactive ketones (excluding diaryl/α,β-unsaturated/α-hetero) is 1. The Hall–Kier alpha value is -2.10. The second-order valence-corrected chi connectivity index (χ2v) is 5.39. The molecule has 0 aliphatic rings. The molecule has 0 spiro atoms. The molecule has 1 heterocycles. The van der Waals surface area contributed by atoms with Crippen molar-refractivity contribution < 1.29 is 4.79 Å². The van der Waals surface area contributed by atoms with Crippen LogP contribution in [0, 0.1) is 0 Å². The van der Waals surface area contributed by atoms with Crippen molar-refractivity contribution in [3.8, 4) is 0 Å². The van der Waals surface area contributed by atoms with Crippen molar-refractivity contribution in [2.24, 2.45) is 0 Å². The van der Waals surface area contributed by atoms with Crippen molar-refractivity contribution in [1.82, 2.24) is 9.78 Å². The largest absolute Gasteiger partial charge is 0.399 e. The topological polar surface area (TPSA) is 60.9 Å². The maximum absolute atomic E-state index is 12.1. The smallest absolute Gasteiger partial charge is 0.143 e. The lowest BCUT2D eigenvalue weighted by Crippen LogP contribution is -2.10. The van der Waals surface area contributed by atoms with Gasteiger partial charge in [0.05, 0.1) is 18.2 Å². The first-order chi connectivity index (χ1) is 10.1. The molecular weight excluding hydrogens is 262 g/mol. The summed E-state index contributed by atoms with van der Waals surface area (Å²) >= 11 is 0. The lowest BCUT2D eigenvalue weighted by atomic mass is 10.1. The third-order valence-corrected chi connectivity index (χ3v) is 3.74. The van der Waals surface area contributed by atoms with Gasteiger partial charge in [0, 0.05) is 18.3 Å². The molecule has 0 saturated carbocycles. The molecule has 0 fully saturated rings. The normalized spacial score (nSPS) is 11.0. The summed E-state index contributed by atoms with van der Waals surface area (Å²) in [6.07, 6.45) is 4.90. The highest BCUT2D eigenvalue weighted by atomic mass is 16.1. The summed E-state index contributed by atoms with van der Waals surface area (Å²) in [6.45, 7) is 4.31. The van der Waals surface area contributed by atoms with E-state index in [1.807, 2.05) is 41.2 Å². The number of ketones is 1. The van der Waals surface area contributed by atoms with E-state index in [0.29, 0.717) is 18.9 Å². The van der Waals surface area contributed by atoms with E-state index in [0.717, 1.165) is 29.8 Å². The highest BCUT2D eigenvalue weighted by Gasteiger charge is 2.11. The van der Waals surface area contributed by atoms with E-state index >= 15 is 0 Å². The zero-order chi connectivity index (χ0) is 15.2. The van der Waals surface area contributed by atoms with E-state index in [1.54, 1.807) is 0 Å². The molecule has 112 valence electrons. The molecule has 2 rings (SSSR count). The standard InChI is InChI=1S/C17H23N3O/c1-3-16(4-2)20-10-9-15(19-20)12-17(21)11-13-5-7-14(18)8-6-13/h5-10,16H,3-4,11-12,18H2,1-2H3. The van der Waals surface area contributed by atoms with Crippen LogP contribution in [0.2, 0.25) is 0 Å². The Morgan fingerprint density at radius 1 is 1.14 bits per heavy atom. The first kappa shape index (κ1) is 15.3. The minimum atomic E-state index is 0.176. The van der Waals surface area contributed by atoms with Crippen molar-refractivity contribution in [2.75, 3.05) is 5.73 Å². The number of nitrogen functional groups attached to an aromatic ring is 1. The molecule has 0 atom stereocenters. The van der Waals surface area contributed by atoms with Gasteiger partial charge >= 0.3 is 0 Å². The number of aromatic nitrogens is 2. The van der Waals surface area contributed by atoms with Crippen LogP contribution < -0.4 is 5.73 Å². The molecule has 0 aliphatic heterocycles. The van der Waals surface area contributed by atoms with Gasteiger partial charge in [0.25, 0.3) is 0 Å². The van der Waals surface area contributed by atoms with Crippen LogP contribution in [0.25, 0.3) is 0 Å². The van der Waals surface area contributed by atoms with Gasteiger partial charge in [-0.2, -0.15) is 5.10 Å². The fraction of sp³-hybridized carbons (Fsp3) is 0.412. The predicted molar refractivity (Wildman–Crippen MR) is 85.1 cm³/mol. The molecule has 1 aromatic carbocycles. The molecule has 0 unspecified atom stereocenters. The summed E-state index contributed by atoms with van der Waals surface area (Å²) in [7, 11) is 0. The molecule has 21 heavy (non-hydrogen) atoms. The fourth-order valence-electron chi connectivity index (χ4n) is 2.47. The van der Waals surface area contributed by atoms with Crippen molar-refractivity contribution in [1.29, 1.82) is 0 Å². The van der Waals surface area contributed by atoms with E-state index in [1.165, 1.54) is 0 Å². The van der Waals surface area contributed by atoms with Gasteiger partial charge in [0.2, 0.25) is 0 Å². The fourth-order valence-corrected chi connectivity index (χ4v) is 2.47. The molecule has 1 aromatic heterocycles. The lowest BCUT2D eigenvalue weighted by Gasteiger charge is -2.12. The Balaban J connectivity index is 1.95. The maximum atomic E-state index is 12.1. The molecule has 0 radical (unpaired) electrons. The van der Waals surface area contributed by atoms with E-state index in [2.05, 4.69) is 18.9 Å². The van der Waals surface area contributed by atoms with Crippen LogP contribution in [-0.4, -0.2) is 15.6 Å². The minimum Gasteiger partial charge on any atom is -0.399 e. The Labute approximate surface area is 126 Å². The number of hydrogen-bond acceptors (Lipinski definition) is 3. The number of anilines is 1. The highest BCUT2D eigenvalue weighted by molar-refractivity contribution is 5.82. The van der Waals surface area contributed by atoms with E-state index in [-0.39, 0.29) is 5.78 Å². The zero-order valence-electron chi connectivity index (χ0n) is 12.7. The lowest BCUT2D eigenvalue weighted by molar-refractivity contribution is -0.117. The van der Waals surface area contributed by atoms with E-state index in [9.17, 15) is 4.79 Å². The van der Waals surface area contributed by atoms with Crippen LogP contribution in [-0.2, 0) is 17.6 Å². The van der Waals surface area contributed by atoms with E-state index in [4.69, 9.17) is 5.73 Å². The van der Waals surface area contributed by atoms with Gasteiger partial charge in [-0.15, -0.1) is 0 Å². The molecule has 0 aliphatic carbocycles.